The normalized spacial score (nSPS) is 15.7. The Labute approximate surface area is 154 Å². The van der Waals surface area contributed by atoms with E-state index in [0.29, 0.717) is 22.4 Å². The van der Waals surface area contributed by atoms with E-state index >= 15 is 0 Å². The fraction of sp³-hybridized carbons (Fsp3) is 0.150. The van der Waals surface area contributed by atoms with Crippen LogP contribution in [0, 0.1) is 12.3 Å². The van der Waals surface area contributed by atoms with Crippen LogP contribution in [0.1, 0.15) is 0 Å². The van der Waals surface area contributed by atoms with E-state index in [0.717, 1.165) is 0 Å². The molecular weight excluding hydrogens is 346 g/mol. The summed E-state index contributed by atoms with van der Waals surface area (Å²) in [7, 11) is 0. The molecule has 7 nitrogen and oxygen atoms in total. The zero-order valence-electron chi connectivity index (χ0n) is 14.2. The minimum atomic E-state index is -0.898. The molecule has 1 N–H and O–H groups in total. The third kappa shape index (κ3) is 2.98. The second-order valence-corrected chi connectivity index (χ2v) is 5.88. The molecule has 2 aromatic carbocycles. The molecule has 2 heterocycles. The number of fused-ring (bicyclic) bond motifs is 2. The van der Waals surface area contributed by atoms with Crippen LogP contribution in [-0.2, 0) is 11.3 Å². The van der Waals surface area contributed by atoms with Crippen LogP contribution in [0.4, 0.5) is 5.69 Å². The molecule has 3 aromatic rings. The zero-order chi connectivity index (χ0) is 18.8. The van der Waals surface area contributed by atoms with Crippen molar-refractivity contribution in [1.82, 2.24) is 4.57 Å². The van der Waals surface area contributed by atoms with E-state index in [1.807, 2.05) is 18.2 Å². The number of benzene rings is 2. The van der Waals surface area contributed by atoms with Crippen LogP contribution in [0.3, 0.4) is 0 Å². The maximum atomic E-state index is 12.4. The number of azo groups is 1. The van der Waals surface area contributed by atoms with Crippen LogP contribution in [0.2, 0.25) is 0 Å². The number of rotatable bonds is 3. The number of nitrogens with zero attached hydrogens (tertiary/aromatic N) is 3. The van der Waals surface area contributed by atoms with Gasteiger partial charge in [0.15, 0.2) is 17.2 Å². The van der Waals surface area contributed by atoms with Crippen molar-refractivity contribution < 1.29 is 19.4 Å². The molecule has 0 saturated carbocycles. The van der Waals surface area contributed by atoms with Gasteiger partial charge in [-0.2, -0.15) is 0 Å². The number of aromatic hydroxyl groups is 1. The summed E-state index contributed by atoms with van der Waals surface area (Å²) in [5.74, 6) is 2.80. The van der Waals surface area contributed by atoms with Gasteiger partial charge < -0.3 is 14.6 Å². The van der Waals surface area contributed by atoms with Crippen molar-refractivity contribution in [3.63, 3.8) is 0 Å². The highest BCUT2D eigenvalue weighted by Gasteiger charge is 2.27. The monoisotopic (exact) mass is 361 g/mol. The van der Waals surface area contributed by atoms with Gasteiger partial charge in [-0.3, -0.25) is 9.36 Å². The predicted molar refractivity (Wildman–Crippen MR) is 98.3 cm³/mol. The van der Waals surface area contributed by atoms with Gasteiger partial charge in [-0.15, -0.1) is 16.7 Å². The molecule has 134 valence electrons. The molecule has 0 unspecified atom stereocenters. The molecule has 0 aliphatic carbocycles. The number of aromatic nitrogens is 1. The summed E-state index contributed by atoms with van der Waals surface area (Å²) in [6.45, 7) is 0.214. The van der Waals surface area contributed by atoms with Gasteiger partial charge >= 0.3 is 5.91 Å². The van der Waals surface area contributed by atoms with Crippen molar-refractivity contribution in [2.24, 2.45) is 10.2 Å². The molecule has 27 heavy (non-hydrogen) atoms. The summed E-state index contributed by atoms with van der Waals surface area (Å²) in [6, 6.07) is 14.3. The average Bonchev–Trinajstić information content (AvgIpc) is 2.97. The van der Waals surface area contributed by atoms with Gasteiger partial charge in [0, 0.05) is 5.39 Å². The molecule has 1 aliphatic heterocycles. The molecule has 7 heteroatoms. The topological polar surface area (TPSA) is 85.4 Å². The molecule has 0 saturated heterocycles. The van der Waals surface area contributed by atoms with E-state index < -0.39 is 12.0 Å². The zero-order valence-corrected chi connectivity index (χ0v) is 14.2. The minimum Gasteiger partial charge on any atom is -0.493 e. The van der Waals surface area contributed by atoms with Gasteiger partial charge in [0.25, 0.3) is 0 Å². The molecule has 4 rings (SSSR count). The maximum absolute atomic E-state index is 12.4. The molecule has 1 atom stereocenters. The molecule has 0 fully saturated rings. The first-order valence-corrected chi connectivity index (χ1v) is 8.26. The molecule has 1 aromatic heterocycles. The third-order valence-electron chi connectivity index (χ3n) is 4.20. The fourth-order valence-electron chi connectivity index (χ4n) is 2.93. The van der Waals surface area contributed by atoms with Gasteiger partial charge in [0.05, 0.1) is 12.1 Å². The van der Waals surface area contributed by atoms with Crippen molar-refractivity contribution in [2.45, 2.75) is 12.6 Å². The summed E-state index contributed by atoms with van der Waals surface area (Å²) in [6.07, 6.45) is 4.47. The lowest BCUT2D eigenvalue weighted by Crippen LogP contribution is -2.35. The lowest BCUT2D eigenvalue weighted by molar-refractivity contribution is -0.127. The predicted octanol–water partition coefficient (Wildman–Crippen LogP) is 3.43. The lowest BCUT2D eigenvalue weighted by Gasteiger charge is -2.23. The summed E-state index contributed by atoms with van der Waals surface area (Å²) >= 11 is 0. The Balaban J connectivity index is 1.61. The van der Waals surface area contributed by atoms with Crippen molar-refractivity contribution in [3.05, 3.63) is 48.5 Å². The number of ether oxygens (including phenoxy) is 2. The highest BCUT2D eigenvalue weighted by Crippen LogP contribution is 2.39. The first-order chi connectivity index (χ1) is 13.2. The fourth-order valence-corrected chi connectivity index (χ4v) is 2.93. The SMILES string of the molecule is C#CCn1c(O)c(N=NC(=O)[C@H]2COc3ccccc3O2)c2ccccc21. The van der Waals surface area contributed by atoms with Crippen LogP contribution >= 0.6 is 0 Å². The van der Waals surface area contributed by atoms with Gasteiger partial charge in [-0.25, -0.2) is 0 Å². The quantitative estimate of drug-likeness (QED) is 0.572. The molecule has 0 bridgehead atoms. The Morgan fingerprint density at radius 1 is 1.22 bits per heavy atom. The van der Waals surface area contributed by atoms with Gasteiger partial charge in [-0.05, 0) is 18.2 Å². The Kier molecular flexibility index (Phi) is 4.22. The number of hydrogen-bond donors (Lipinski definition) is 1. The maximum Gasteiger partial charge on any atom is 0.308 e. The highest BCUT2D eigenvalue weighted by atomic mass is 16.6. The van der Waals surface area contributed by atoms with Crippen LogP contribution in [0.15, 0.2) is 58.8 Å². The molecule has 1 amide bonds. The number of hydrogen-bond acceptors (Lipinski definition) is 5. The Bertz CT molecular complexity index is 1090. The Hall–Kier alpha value is -3.79. The third-order valence-corrected chi connectivity index (χ3v) is 4.20. The molecule has 0 radical (unpaired) electrons. The van der Waals surface area contributed by atoms with E-state index in [1.54, 1.807) is 30.3 Å². The number of amides is 1. The molecule has 0 spiro atoms. The largest absolute Gasteiger partial charge is 0.493 e. The Morgan fingerprint density at radius 3 is 2.78 bits per heavy atom. The van der Waals surface area contributed by atoms with E-state index in [1.165, 1.54) is 4.57 Å². The summed E-state index contributed by atoms with van der Waals surface area (Å²) in [5.41, 5.74) is 0.895. The van der Waals surface area contributed by atoms with Gasteiger partial charge in [0.1, 0.15) is 6.61 Å². The summed E-state index contributed by atoms with van der Waals surface area (Å²) in [4.78, 5) is 12.4. The van der Waals surface area contributed by atoms with Crippen molar-refractivity contribution in [2.75, 3.05) is 6.61 Å². The van der Waals surface area contributed by atoms with Crippen LogP contribution in [-0.4, -0.2) is 28.3 Å². The van der Waals surface area contributed by atoms with Crippen LogP contribution in [0.25, 0.3) is 10.9 Å². The number of carbonyl (C=O) groups is 1. The first kappa shape index (κ1) is 16.7. The van der Waals surface area contributed by atoms with Gasteiger partial charge in [-0.1, -0.05) is 36.3 Å². The van der Waals surface area contributed by atoms with Gasteiger partial charge in [0.2, 0.25) is 12.0 Å². The second kappa shape index (κ2) is 6.84. The van der Waals surface area contributed by atoms with E-state index in [2.05, 4.69) is 16.1 Å². The number of carbonyl (C=O) groups excluding carboxylic acids is 1. The lowest BCUT2D eigenvalue weighted by atomic mass is 10.2. The standard InChI is InChI=1S/C20H15N3O4/c1-2-11-23-14-8-4-3-7-13(14)18(20(23)25)21-22-19(24)17-12-26-15-9-5-6-10-16(15)27-17/h1,3-10,17,25H,11-12H2/t17-/m1/s1. The van der Waals surface area contributed by atoms with Crippen molar-refractivity contribution >= 4 is 22.5 Å². The minimum absolute atomic E-state index is 0.0414. The second-order valence-electron chi connectivity index (χ2n) is 5.88. The summed E-state index contributed by atoms with van der Waals surface area (Å²) in [5, 5.41) is 18.8. The van der Waals surface area contributed by atoms with Crippen molar-refractivity contribution in [3.8, 4) is 29.7 Å². The summed E-state index contributed by atoms with van der Waals surface area (Å²) < 4.78 is 12.7. The number of terminal acetylenes is 1. The van der Waals surface area contributed by atoms with Crippen molar-refractivity contribution in [1.29, 1.82) is 0 Å². The number of para-hydroxylation sites is 3. The smallest absolute Gasteiger partial charge is 0.308 e. The average molecular weight is 361 g/mol. The molecular formula is C20H15N3O4. The van der Waals surface area contributed by atoms with Crippen LogP contribution < -0.4 is 9.47 Å². The van der Waals surface area contributed by atoms with E-state index in [-0.39, 0.29) is 24.7 Å². The van der Waals surface area contributed by atoms with E-state index in [4.69, 9.17) is 15.9 Å². The highest BCUT2D eigenvalue weighted by molar-refractivity contribution is 5.95. The van der Waals surface area contributed by atoms with E-state index in [9.17, 15) is 9.90 Å². The Morgan fingerprint density at radius 2 is 1.96 bits per heavy atom. The van der Waals surface area contributed by atoms with Crippen LogP contribution in [0.5, 0.6) is 17.4 Å². The first-order valence-electron chi connectivity index (χ1n) is 8.26. The molecule has 1 aliphatic rings.